The average Bonchev–Trinajstić information content (AvgIpc) is 2.93. The lowest BCUT2D eigenvalue weighted by atomic mass is 9.87. The molecule has 2 nitrogen and oxygen atoms in total. The van der Waals surface area contributed by atoms with Crippen LogP contribution in [-0.4, -0.2) is 65.6 Å². The lowest BCUT2D eigenvalue weighted by Crippen LogP contribution is -2.77. The van der Waals surface area contributed by atoms with Crippen molar-refractivity contribution in [2.75, 3.05) is 0 Å². The zero-order chi connectivity index (χ0) is 39.2. The molecule has 0 saturated heterocycles. The highest BCUT2D eigenvalue weighted by Crippen LogP contribution is 2.66. The summed E-state index contributed by atoms with van der Waals surface area (Å²) in [6, 6.07) is 0. The molecule has 0 radical (unpaired) electrons. The molecule has 0 heterocycles. The highest BCUT2D eigenvalue weighted by molar-refractivity contribution is 5.70. The van der Waals surface area contributed by atoms with E-state index in [0.717, 1.165) is 51.4 Å². The molecule has 0 N–H and O–H groups in total. The Labute approximate surface area is 265 Å². The zero-order valence-corrected chi connectivity index (χ0v) is 25.2. The van der Waals surface area contributed by atoms with Gasteiger partial charge in [-0.15, -0.1) is 0 Å². The van der Waals surface area contributed by atoms with E-state index in [-0.39, 0.29) is 12.8 Å². The Morgan fingerprint density at radius 3 is 0.918 bits per heavy atom. The van der Waals surface area contributed by atoms with Gasteiger partial charge < -0.3 is 4.74 Å². The fourth-order valence-electron chi connectivity index (χ4n) is 4.16. The standard InChI is InChI=1S/C26H31F21O2/c1-2-3-4-5-6-7-8-9-10-11-12-13-14-15-16(48)49-24(41,26(45,46)47)22(37,38)20(33,34)18(29,30)17(27,28)19(31,32)21(35,36)23(39,40)25(42,43)44/h2-15H2,1H3. The first-order valence-electron chi connectivity index (χ1n) is 14.4. The molecule has 1 atom stereocenters. The lowest BCUT2D eigenvalue weighted by Gasteiger charge is -2.44. The second-order valence-corrected chi connectivity index (χ2v) is 11.1. The van der Waals surface area contributed by atoms with Crippen molar-refractivity contribution < 1.29 is 102 Å². The molecule has 0 amide bonds. The van der Waals surface area contributed by atoms with E-state index < -0.39 is 78.5 Å². The molecule has 0 saturated carbocycles. The molecule has 49 heavy (non-hydrogen) atoms. The number of esters is 1. The van der Waals surface area contributed by atoms with E-state index in [1.807, 2.05) is 6.92 Å². The van der Waals surface area contributed by atoms with Crippen LogP contribution in [0.3, 0.4) is 0 Å². The zero-order valence-electron chi connectivity index (χ0n) is 25.2. The average molecular weight is 774 g/mol. The number of hydrogen-bond acceptors (Lipinski definition) is 2. The Hall–Kier alpha value is -2.00. The van der Waals surface area contributed by atoms with Gasteiger partial charge in [0.15, 0.2) is 0 Å². The maximum Gasteiger partial charge on any atom is 0.467 e. The van der Waals surface area contributed by atoms with Crippen LogP contribution in [0, 0.1) is 0 Å². The molecular formula is C26H31F21O2. The van der Waals surface area contributed by atoms with Gasteiger partial charge in [0, 0.05) is 6.42 Å². The fourth-order valence-corrected chi connectivity index (χ4v) is 4.16. The molecule has 294 valence electrons. The molecule has 1 unspecified atom stereocenters. The Morgan fingerprint density at radius 1 is 0.367 bits per heavy atom. The van der Waals surface area contributed by atoms with Gasteiger partial charge in [-0.3, -0.25) is 4.79 Å². The van der Waals surface area contributed by atoms with Crippen molar-refractivity contribution in [3.8, 4) is 0 Å². The first-order chi connectivity index (χ1) is 21.7. The number of carbonyl (C=O) groups is 1. The second kappa shape index (κ2) is 16.1. The number of carbonyl (C=O) groups excluding carboxylic acids is 1. The first kappa shape index (κ1) is 47.0. The predicted octanol–water partition coefficient (Wildman–Crippen LogP) is 12.2. The Bertz CT molecular complexity index is 1030. The number of hydrogen-bond donors (Lipinski definition) is 0. The predicted molar refractivity (Wildman–Crippen MR) is 127 cm³/mol. The molecule has 0 fully saturated rings. The van der Waals surface area contributed by atoms with E-state index in [9.17, 15) is 97.0 Å². The summed E-state index contributed by atoms with van der Waals surface area (Å²) in [6.45, 7) is 2.04. The minimum atomic E-state index is -9.24. The van der Waals surface area contributed by atoms with Crippen LogP contribution in [0.4, 0.5) is 92.2 Å². The van der Waals surface area contributed by atoms with Gasteiger partial charge in [0.25, 0.3) is 0 Å². The van der Waals surface area contributed by atoms with Crippen molar-refractivity contribution in [3.05, 3.63) is 0 Å². The van der Waals surface area contributed by atoms with E-state index in [1.165, 1.54) is 0 Å². The molecule has 0 aliphatic heterocycles. The lowest BCUT2D eigenvalue weighted by molar-refractivity contribution is -0.484. The topological polar surface area (TPSA) is 26.3 Å². The van der Waals surface area contributed by atoms with E-state index in [4.69, 9.17) is 0 Å². The highest BCUT2D eigenvalue weighted by atomic mass is 19.4. The van der Waals surface area contributed by atoms with Crippen LogP contribution in [0.5, 0.6) is 0 Å². The van der Waals surface area contributed by atoms with Crippen LogP contribution in [0.25, 0.3) is 0 Å². The summed E-state index contributed by atoms with van der Waals surface area (Å²) in [6.07, 6.45) is -9.20. The summed E-state index contributed by atoms with van der Waals surface area (Å²) in [5, 5.41) is 0. The monoisotopic (exact) mass is 774 g/mol. The summed E-state index contributed by atoms with van der Waals surface area (Å²) in [7, 11) is 0. The van der Waals surface area contributed by atoms with E-state index in [0.29, 0.717) is 12.8 Å². The van der Waals surface area contributed by atoms with Crippen molar-refractivity contribution in [2.24, 2.45) is 0 Å². The van der Waals surface area contributed by atoms with Gasteiger partial charge >= 0.3 is 65.6 Å². The number of alkyl halides is 21. The minimum Gasteiger partial charge on any atom is -0.415 e. The molecular weight excluding hydrogens is 743 g/mol. The van der Waals surface area contributed by atoms with Crippen molar-refractivity contribution in [2.45, 2.75) is 156 Å². The number of halogens is 21. The van der Waals surface area contributed by atoms with Crippen LogP contribution < -0.4 is 0 Å². The molecule has 23 heteroatoms. The van der Waals surface area contributed by atoms with Crippen LogP contribution in [0.15, 0.2) is 0 Å². The van der Waals surface area contributed by atoms with Crippen LogP contribution in [0.1, 0.15) is 96.8 Å². The maximum atomic E-state index is 14.5. The summed E-state index contributed by atoms with van der Waals surface area (Å²) >= 11 is 0. The smallest absolute Gasteiger partial charge is 0.415 e. The summed E-state index contributed by atoms with van der Waals surface area (Å²) in [5.74, 6) is -73.4. The molecule has 0 bridgehead atoms. The van der Waals surface area contributed by atoms with Crippen molar-refractivity contribution in [1.82, 2.24) is 0 Å². The minimum absolute atomic E-state index is 0.139. The molecule has 0 spiro atoms. The summed E-state index contributed by atoms with van der Waals surface area (Å²) < 4.78 is 285. The van der Waals surface area contributed by atoms with Crippen LogP contribution in [0.2, 0.25) is 0 Å². The first-order valence-corrected chi connectivity index (χ1v) is 14.4. The fraction of sp³-hybridized carbons (Fsp3) is 0.962. The highest BCUT2D eigenvalue weighted by Gasteiger charge is 2.98. The number of ether oxygens (including phenoxy) is 1. The largest absolute Gasteiger partial charge is 0.467 e. The number of rotatable bonds is 22. The molecule has 0 rings (SSSR count). The SMILES string of the molecule is CCCCCCCCCCCCCCCC(=O)OC(F)(C(F)(F)F)C(F)(F)C(F)(F)C(F)(F)C(F)(F)C(F)(F)C(F)(F)C(F)(F)C(F)(F)F. The maximum absolute atomic E-state index is 14.5. The Kier molecular flexibility index (Phi) is 15.5. The van der Waals surface area contributed by atoms with Gasteiger partial charge in [-0.1, -0.05) is 84.0 Å². The van der Waals surface area contributed by atoms with Gasteiger partial charge in [-0.05, 0) is 6.42 Å². The normalized spacial score (nSPS) is 16.1. The van der Waals surface area contributed by atoms with E-state index in [1.54, 1.807) is 0 Å². The molecule has 0 aliphatic carbocycles. The van der Waals surface area contributed by atoms with Crippen molar-refractivity contribution in [3.63, 3.8) is 0 Å². The summed E-state index contributed by atoms with van der Waals surface area (Å²) in [5.41, 5.74) is 0. The third-order valence-electron chi connectivity index (χ3n) is 7.23. The Balaban J connectivity index is 5.91. The molecule has 0 aromatic rings. The van der Waals surface area contributed by atoms with Gasteiger partial charge in [0.2, 0.25) is 0 Å². The van der Waals surface area contributed by atoms with Gasteiger partial charge in [0.1, 0.15) is 0 Å². The summed E-state index contributed by atoms with van der Waals surface area (Å²) in [4.78, 5) is 11.6. The third-order valence-corrected chi connectivity index (χ3v) is 7.23. The number of unbranched alkanes of at least 4 members (excludes halogenated alkanes) is 12. The van der Waals surface area contributed by atoms with Gasteiger partial charge in [0.05, 0.1) is 0 Å². The van der Waals surface area contributed by atoms with Crippen molar-refractivity contribution >= 4 is 5.97 Å². The molecule has 0 aromatic heterocycles. The second-order valence-electron chi connectivity index (χ2n) is 11.1. The third kappa shape index (κ3) is 9.09. The van der Waals surface area contributed by atoms with E-state index >= 15 is 0 Å². The van der Waals surface area contributed by atoms with E-state index in [2.05, 4.69) is 4.74 Å². The van der Waals surface area contributed by atoms with Gasteiger partial charge in [-0.2, -0.15) is 92.2 Å². The van der Waals surface area contributed by atoms with Crippen LogP contribution >= 0.6 is 0 Å². The molecule has 0 aromatic carbocycles. The Morgan fingerprint density at radius 2 is 0.633 bits per heavy atom. The molecule has 0 aliphatic rings. The van der Waals surface area contributed by atoms with Crippen molar-refractivity contribution in [1.29, 1.82) is 0 Å². The quantitative estimate of drug-likeness (QED) is 0.0622. The van der Waals surface area contributed by atoms with Gasteiger partial charge in [-0.25, -0.2) is 0 Å². The van der Waals surface area contributed by atoms with Crippen LogP contribution in [-0.2, 0) is 9.53 Å².